The Morgan fingerprint density at radius 1 is 1.53 bits per heavy atom. The molecule has 0 aromatic rings. The average molecular weight is 215 g/mol. The van der Waals surface area contributed by atoms with E-state index in [1.165, 1.54) is 6.92 Å². The van der Waals surface area contributed by atoms with Crippen LogP contribution in [0, 0.1) is 0 Å². The molecule has 1 heterocycles. The first kappa shape index (κ1) is 12.1. The van der Waals surface area contributed by atoms with Crippen molar-refractivity contribution < 1.29 is 19.1 Å². The van der Waals surface area contributed by atoms with E-state index in [4.69, 9.17) is 9.47 Å². The molecule has 0 bridgehead atoms. The number of ketones is 1. The first-order valence-electron chi connectivity index (χ1n) is 4.97. The Morgan fingerprint density at radius 3 is 2.73 bits per heavy atom. The number of carbonyl (C=O) groups is 2. The normalized spacial score (nSPS) is 25.2. The third kappa shape index (κ3) is 3.60. The number of amides is 1. The average Bonchev–Trinajstić information content (AvgIpc) is 2.63. The first-order valence-corrected chi connectivity index (χ1v) is 4.97. The van der Waals surface area contributed by atoms with Gasteiger partial charge in [-0.2, -0.15) is 0 Å². The summed E-state index contributed by atoms with van der Waals surface area (Å²) in [6.07, 6.45) is 0.699. The van der Waals surface area contributed by atoms with Crippen LogP contribution in [0.5, 0.6) is 0 Å². The van der Waals surface area contributed by atoms with Crippen LogP contribution in [0.2, 0.25) is 0 Å². The maximum Gasteiger partial charge on any atom is 0.227 e. The number of hydrogen-bond donors (Lipinski definition) is 1. The highest BCUT2D eigenvalue weighted by Crippen LogP contribution is 2.21. The lowest BCUT2D eigenvalue weighted by atomic mass is 10.0. The molecule has 1 saturated heterocycles. The van der Waals surface area contributed by atoms with Crippen molar-refractivity contribution in [1.29, 1.82) is 0 Å². The SMILES string of the molecule is COC1(CNC(=O)CC(C)=O)CCOC1. The summed E-state index contributed by atoms with van der Waals surface area (Å²) in [6.45, 7) is 2.93. The van der Waals surface area contributed by atoms with Crippen LogP contribution in [-0.2, 0) is 19.1 Å². The van der Waals surface area contributed by atoms with Gasteiger partial charge in [-0.25, -0.2) is 0 Å². The van der Waals surface area contributed by atoms with Crippen molar-refractivity contribution in [2.24, 2.45) is 0 Å². The van der Waals surface area contributed by atoms with E-state index in [2.05, 4.69) is 5.32 Å². The fourth-order valence-corrected chi connectivity index (χ4v) is 1.51. The van der Waals surface area contributed by atoms with Crippen molar-refractivity contribution in [2.75, 3.05) is 26.9 Å². The molecule has 0 aliphatic carbocycles. The summed E-state index contributed by atoms with van der Waals surface area (Å²) in [5.74, 6) is -0.396. The van der Waals surface area contributed by atoms with Gasteiger partial charge in [-0.1, -0.05) is 0 Å². The van der Waals surface area contributed by atoms with E-state index >= 15 is 0 Å². The van der Waals surface area contributed by atoms with Crippen LogP contribution in [-0.4, -0.2) is 44.2 Å². The van der Waals surface area contributed by atoms with Crippen LogP contribution in [0.1, 0.15) is 19.8 Å². The second-order valence-electron chi connectivity index (χ2n) is 3.85. The van der Waals surface area contributed by atoms with Gasteiger partial charge in [-0.05, 0) is 6.92 Å². The molecule has 1 N–H and O–H groups in total. The van der Waals surface area contributed by atoms with Gasteiger partial charge in [0, 0.05) is 26.7 Å². The lowest BCUT2D eigenvalue weighted by Gasteiger charge is -2.25. The molecule has 15 heavy (non-hydrogen) atoms. The Balaban J connectivity index is 2.34. The monoisotopic (exact) mass is 215 g/mol. The van der Waals surface area contributed by atoms with Crippen LogP contribution < -0.4 is 5.32 Å². The molecule has 86 valence electrons. The van der Waals surface area contributed by atoms with Gasteiger partial charge in [0.1, 0.15) is 11.4 Å². The van der Waals surface area contributed by atoms with Crippen LogP contribution in [0.4, 0.5) is 0 Å². The van der Waals surface area contributed by atoms with Crippen molar-refractivity contribution in [3.8, 4) is 0 Å². The summed E-state index contributed by atoms with van der Waals surface area (Å²) in [5, 5.41) is 2.68. The molecule has 5 nitrogen and oxygen atoms in total. The summed E-state index contributed by atoms with van der Waals surface area (Å²) in [4.78, 5) is 21.9. The van der Waals surface area contributed by atoms with Crippen molar-refractivity contribution in [3.63, 3.8) is 0 Å². The number of methoxy groups -OCH3 is 1. The summed E-state index contributed by atoms with van der Waals surface area (Å²) >= 11 is 0. The molecule has 0 spiro atoms. The first-order chi connectivity index (χ1) is 7.08. The molecule has 1 unspecified atom stereocenters. The second kappa shape index (κ2) is 5.23. The van der Waals surface area contributed by atoms with E-state index in [1.807, 2.05) is 0 Å². The predicted octanol–water partition coefficient (Wildman–Crippen LogP) is -0.113. The fraction of sp³-hybridized carbons (Fsp3) is 0.800. The van der Waals surface area contributed by atoms with Crippen molar-refractivity contribution >= 4 is 11.7 Å². The summed E-state index contributed by atoms with van der Waals surface area (Å²) < 4.78 is 10.6. The molecule has 1 fully saturated rings. The lowest BCUT2D eigenvalue weighted by molar-refractivity contribution is -0.128. The van der Waals surface area contributed by atoms with E-state index in [1.54, 1.807) is 7.11 Å². The number of ether oxygens (including phenoxy) is 2. The number of carbonyl (C=O) groups excluding carboxylic acids is 2. The fourth-order valence-electron chi connectivity index (χ4n) is 1.51. The van der Waals surface area contributed by atoms with Gasteiger partial charge in [0.2, 0.25) is 5.91 Å². The molecule has 1 amide bonds. The summed E-state index contributed by atoms with van der Waals surface area (Å²) in [7, 11) is 1.60. The van der Waals surface area contributed by atoms with E-state index in [-0.39, 0.29) is 18.1 Å². The van der Waals surface area contributed by atoms with Crippen LogP contribution >= 0.6 is 0 Å². The van der Waals surface area contributed by atoms with E-state index in [0.717, 1.165) is 6.42 Å². The van der Waals surface area contributed by atoms with Crippen LogP contribution in [0.25, 0.3) is 0 Å². The van der Waals surface area contributed by atoms with Gasteiger partial charge in [-0.3, -0.25) is 9.59 Å². The highest BCUT2D eigenvalue weighted by molar-refractivity contribution is 5.96. The summed E-state index contributed by atoms with van der Waals surface area (Å²) in [5.41, 5.74) is -0.410. The third-order valence-corrected chi connectivity index (χ3v) is 2.52. The molecule has 1 rings (SSSR count). The predicted molar refractivity (Wildman–Crippen MR) is 53.5 cm³/mol. The minimum absolute atomic E-state index is 0.0688. The van der Waals surface area contributed by atoms with E-state index in [9.17, 15) is 9.59 Å². The maximum atomic E-state index is 11.2. The van der Waals surface area contributed by atoms with Gasteiger partial charge in [0.25, 0.3) is 0 Å². The van der Waals surface area contributed by atoms with Crippen molar-refractivity contribution in [1.82, 2.24) is 5.32 Å². The molecular weight excluding hydrogens is 198 g/mol. The minimum atomic E-state index is -0.410. The lowest BCUT2D eigenvalue weighted by Crippen LogP contribution is -2.45. The Morgan fingerprint density at radius 2 is 2.27 bits per heavy atom. The standard InChI is InChI=1S/C10H17NO4/c1-8(12)5-9(13)11-6-10(14-2)3-4-15-7-10/h3-7H2,1-2H3,(H,11,13). The molecule has 1 aliphatic heterocycles. The van der Waals surface area contributed by atoms with Crippen LogP contribution in [0.3, 0.4) is 0 Å². The zero-order chi connectivity index (χ0) is 11.3. The van der Waals surface area contributed by atoms with E-state index < -0.39 is 5.60 Å². The topological polar surface area (TPSA) is 64.6 Å². The minimum Gasteiger partial charge on any atom is -0.378 e. The van der Waals surface area contributed by atoms with Gasteiger partial charge in [-0.15, -0.1) is 0 Å². The molecule has 0 radical (unpaired) electrons. The molecule has 0 saturated carbocycles. The zero-order valence-electron chi connectivity index (χ0n) is 9.17. The van der Waals surface area contributed by atoms with E-state index in [0.29, 0.717) is 19.8 Å². The zero-order valence-corrected chi connectivity index (χ0v) is 9.17. The van der Waals surface area contributed by atoms with Gasteiger partial charge < -0.3 is 14.8 Å². The Labute approximate surface area is 89.1 Å². The Kier molecular flexibility index (Phi) is 4.23. The Hall–Kier alpha value is -0.940. The quantitative estimate of drug-likeness (QED) is 0.650. The highest BCUT2D eigenvalue weighted by Gasteiger charge is 2.35. The van der Waals surface area contributed by atoms with Crippen molar-refractivity contribution in [2.45, 2.75) is 25.4 Å². The molecule has 5 heteroatoms. The number of nitrogens with one attached hydrogen (secondary N) is 1. The van der Waals surface area contributed by atoms with Crippen LogP contribution in [0.15, 0.2) is 0 Å². The van der Waals surface area contributed by atoms with Gasteiger partial charge in [0.05, 0.1) is 13.0 Å². The largest absolute Gasteiger partial charge is 0.378 e. The summed E-state index contributed by atoms with van der Waals surface area (Å²) in [6, 6.07) is 0. The third-order valence-electron chi connectivity index (χ3n) is 2.52. The number of Topliss-reactive ketones (excluding diaryl/α,β-unsaturated/α-hetero) is 1. The highest BCUT2D eigenvalue weighted by atomic mass is 16.5. The van der Waals surface area contributed by atoms with Gasteiger partial charge >= 0.3 is 0 Å². The number of rotatable bonds is 5. The van der Waals surface area contributed by atoms with Crippen molar-refractivity contribution in [3.05, 3.63) is 0 Å². The molecule has 0 aromatic carbocycles. The molecule has 1 atom stereocenters. The number of hydrogen-bond acceptors (Lipinski definition) is 4. The molecule has 1 aliphatic rings. The molecular formula is C10H17NO4. The maximum absolute atomic E-state index is 11.2. The van der Waals surface area contributed by atoms with Gasteiger partial charge in [0.15, 0.2) is 0 Å². The second-order valence-corrected chi connectivity index (χ2v) is 3.85. The molecule has 0 aromatic heterocycles. The Bertz CT molecular complexity index is 246. The smallest absolute Gasteiger partial charge is 0.227 e.